The maximum absolute atomic E-state index is 13.9. The van der Waals surface area contributed by atoms with Crippen LogP contribution in [0.4, 0.5) is 0 Å². The number of hydrogen-bond acceptors (Lipinski definition) is 5. The number of carbonyl (C=O) groups is 2. The molecule has 2 atom stereocenters. The van der Waals surface area contributed by atoms with E-state index >= 15 is 0 Å². The first-order valence-electron chi connectivity index (χ1n) is 14.3. The average molecular weight is 569 g/mol. The zero-order valence-corrected chi connectivity index (χ0v) is 23.7. The Hall–Kier alpha value is -4.63. The molecule has 0 bridgehead atoms. The van der Waals surface area contributed by atoms with Crippen molar-refractivity contribution in [2.45, 2.75) is 37.3 Å². The Morgan fingerprint density at radius 2 is 1.67 bits per heavy atom. The third-order valence-electron chi connectivity index (χ3n) is 7.42. The second-order valence-corrected chi connectivity index (χ2v) is 10.4. The van der Waals surface area contributed by atoms with Gasteiger partial charge in [-0.25, -0.2) is 0 Å². The number of benzene rings is 3. The maximum atomic E-state index is 13.9. The zero-order chi connectivity index (χ0) is 29.7. The highest BCUT2D eigenvalue weighted by molar-refractivity contribution is 5.92. The number of aliphatic imine (C=N–C) groups is 1. The van der Waals surface area contributed by atoms with E-state index in [0.29, 0.717) is 51.0 Å². The van der Waals surface area contributed by atoms with E-state index < -0.39 is 6.04 Å². The minimum Gasteiger partial charge on any atom is -0.507 e. The molecule has 220 valence electrons. The Bertz CT molecular complexity index is 1320. The summed E-state index contributed by atoms with van der Waals surface area (Å²) in [5, 5.41) is 16.4. The molecule has 3 aromatic carbocycles. The van der Waals surface area contributed by atoms with Gasteiger partial charge in [-0.15, -0.1) is 0 Å². The first kappa shape index (κ1) is 30.3. The molecular formula is C33H40N6O3. The van der Waals surface area contributed by atoms with Crippen molar-refractivity contribution >= 4 is 23.8 Å². The molecule has 0 unspecified atom stereocenters. The first-order chi connectivity index (χ1) is 20.4. The monoisotopic (exact) mass is 568 g/mol. The summed E-state index contributed by atoms with van der Waals surface area (Å²) < 4.78 is 0. The van der Waals surface area contributed by atoms with E-state index in [0.717, 1.165) is 11.1 Å². The van der Waals surface area contributed by atoms with Crippen molar-refractivity contribution in [3.8, 4) is 5.75 Å². The number of amides is 2. The molecule has 1 aliphatic rings. The standard InChI is InChI=1S/C33H40N6O3/c34-33(35)36-20-9-15-29-32(42)39(23-28(24-10-3-1-4-11-24)25-12-5-2-6-13-25)21-19-27(38-29)22-37-31(41)18-17-26-14-7-8-16-30(26)40/h1-8,10-14,16-18,27-29,38,40H,9,15,19-23H2,(H,37,41)(H4,34,35,36)/t27-,29-/m0/s1. The molecule has 3 aromatic rings. The van der Waals surface area contributed by atoms with E-state index in [4.69, 9.17) is 11.5 Å². The van der Waals surface area contributed by atoms with Crippen LogP contribution in [0.25, 0.3) is 6.08 Å². The highest BCUT2D eigenvalue weighted by atomic mass is 16.3. The van der Waals surface area contributed by atoms with Crippen molar-refractivity contribution in [3.05, 3.63) is 108 Å². The molecule has 1 saturated heterocycles. The summed E-state index contributed by atoms with van der Waals surface area (Å²) in [6.45, 7) is 1.89. The predicted octanol–water partition coefficient (Wildman–Crippen LogP) is 2.97. The Labute approximate surface area is 247 Å². The van der Waals surface area contributed by atoms with Gasteiger partial charge >= 0.3 is 0 Å². The summed E-state index contributed by atoms with van der Waals surface area (Å²) in [4.78, 5) is 32.5. The van der Waals surface area contributed by atoms with Crippen LogP contribution in [0.1, 0.15) is 41.9 Å². The van der Waals surface area contributed by atoms with E-state index in [1.54, 1.807) is 30.3 Å². The Morgan fingerprint density at radius 3 is 2.31 bits per heavy atom. The number of phenols is 1. The molecular weight excluding hydrogens is 528 g/mol. The third kappa shape index (κ3) is 8.94. The van der Waals surface area contributed by atoms with E-state index in [-0.39, 0.29) is 35.5 Å². The molecule has 42 heavy (non-hydrogen) atoms. The summed E-state index contributed by atoms with van der Waals surface area (Å²) in [7, 11) is 0. The van der Waals surface area contributed by atoms with Gasteiger partial charge in [0.05, 0.1) is 6.04 Å². The molecule has 1 fully saturated rings. The van der Waals surface area contributed by atoms with Crippen LogP contribution in [0.15, 0.2) is 96.0 Å². The van der Waals surface area contributed by atoms with Crippen LogP contribution in [0.5, 0.6) is 5.75 Å². The van der Waals surface area contributed by atoms with Gasteiger partial charge in [-0.2, -0.15) is 0 Å². The van der Waals surface area contributed by atoms with Gasteiger partial charge in [0, 0.05) is 49.8 Å². The second-order valence-electron chi connectivity index (χ2n) is 10.4. The van der Waals surface area contributed by atoms with E-state index in [9.17, 15) is 14.7 Å². The Kier molecular flexibility index (Phi) is 11.1. The van der Waals surface area contributed by atoms with Crippen molar-refractivity contribution in [2.24, 2.45) is 16.5 Å². The maximum Gasteiger partial charge on any atom is 0.244 e. The van der Waals surface area contributed by atoms with E-state index in [1.807, 2.05) is 41.3 Å². The zero-order valence-electron chi connectivity index (χ0n) is 23.7. The predicted molar refractivity (Wildman–Crippen MR) is 167 cm³/mol. The van der Waals surface area contributed by atoms with Crippen molar-refractivity contribution in [1.82, 2.24) is 15.5 Å². The number of hydrogen-bond donors (Lipinski definition) is 5. The van der Waals surface area contributed by atoms with Gasteiger partial charge < -0.3 is 32.1 Å². The lowest BCUT2D eigenvalue weighted by Gasteiger charge is -2.29. The SMILES string of the molecule is NC(N)=NCCC[C@@H]1N[C@H](CNC(=O)C=Cc2ccccc2O)CCN(CC(c2ccccc2)c2ccccc2)C1=O. The van der Waals surface area contributed by atoms with Crippen LogP contribution in [-0.2, 0) is 9.59 Å². The minimum atomic E-state index is -0.437. The summed E-state index contributed by atoms with van der Waals surface area (Å²) in [6.07, 6.45) is 4.86. The molecule has 4 rings (SSSR count). The van der Waals surface area contributed by atoms with Crippen molar-refractivity contribution < 1.29 is 14.7 Å². The summed E-state index contributed by atoms with van der Waals surface area (Å²) in [6, 6.07) is 26.8. The Balaban J connectivity index is 1.47. The second kappa shape index (κ2) is 15.4. The van der Waals surface area contributed by atoms with Gasteiger partial charge in [0.15, 0.2) is 5.96 Å². The van der Waals surface area contributed by atoms with Gasteiger partial charge in [-0.05, 0) is 42.5 Å². The molecule has 2 amide bonds. The summed E-state index contributed by atoms with van der Waals surface area (Å²) in [5.41, 5.74) is 13.8. The topological polar surface area (TPSA) is 146 Å². The fourth-order valence-electron chi connectivity index (χ4n) is 5.21. The van der Waals surface area contributed by atoms with Gasteiger partial charge in [-0.1, -0.05) is 78.9 Å². The van der Waals surface area contributed by atoms with E-state index in [2.05, 4.69) is 39.9 Å². The molecule has 7 N–H and O–H groups in total. The molecule has 9 heteroatoms. The number of nitrogens with one attached hydrogen (secondary N) is 2. The van der Waals surface area contributed by atoms with Crippen molar-refractivity contribution in [1.29, 1.82) is 0 Å². The van der Waals surface area contributed by atoms with Gasteiger partial charge in [0.2, 0.25) is 11.8 Å². The molecule has 1 heterocycles. The average Bonchev–Trinajstić information content (AvgIpc) is 3.15. The fraction of sp³-hybridized carbons (Fsp3) is 0.303. The van der Waals surface area contributed by atoms with Crippen LogP contribution in [0.3, 0.4) is 0 Å². The number of para-hydroxylation sites is 1. The van der Waals surface area contributed by atoms with Crippen LogP contribution in [-0.4, -0.2) is 66.0 Å². The number of phenolic OH excluding ortho intramolecular Hbond substituents is 1. The lowest BCUT2D eigenvalue weighted by atomic mass is 9.90. The quantitative estimate of drug-likeness (QED) is 0.0983. The Morgan fingerprint density at radius 1 is 1.02 bits per heavy atom. The molecule has 9 nitrogen and oxygen atoms in total. The molecule has 0 aromatic heterocycles. The molecule has 1 aliphatic heterocycles. The number of aromatic hydroxyl groups is 1. The van der Waals surface area contributed by atoms with E-state index in [1.165, 1.54) is 6.08 Å². The lowest BCUT2D eigenvalue weighted by molar-refractivity contribution is -0.133. The summed E-state index contributed by atoms with van der Waals surface area (Å²) in [5.74, 6) is -0.0782. The van der Waals surface area contributed by atoms with Crippen molar-refractivity contribution in [2.75, 3.05) is 26.2 Å². The van der Waals surface area contributed by atoms with Crippen LogP contribution >= 0.6 is 0 Å². The molecule has 0 saturated carbocycles. The lowest BCUT2D eigenvalue weighted by Crippen LogP contribution is -2.49. The highest BCUT2D eigenvalue weighted by Gasteiger charge is 2.32. The minimum absolute atomic E-state index is 0.0226. The third-order valence-corrected chi connectivity index (χ3v) is 7.42. The van der Waals surface area contributed by atoms with Gasteiger partial charge in [0.1, 0.15) is 5.75 Å². The fourth-order valence-corrected chi connectivity index (χ4v) is 5.21. The number of guanidine groups is 1. The van der Waals surface area contributed by atoms with Crippen LogP contribution in [0, 0.1) is 0 Å². The number of carbonyl (C=O) groups excluding carboxylic acids is 2. The summed E-state index contributed by atoms with van der Waals surface area (Å²) >= 11 is 0. The van der Waals surface area contributed by atoms with Gasteiger partial charge in [-0.3, -0.25) is 14.6 Å². The van der Waals surface area contributed by atoms with Crippen LogP contribution < -0.4 is 22.1 Å². The molecule has 0 spiro atoms. The smallest absolute Gasteiger partial charge is 0.244 e. The number of nitrogens with two attached hydrogens (primary N) is 2. The largest absolute Gasteiger partial charge is 0.507 e. The first-order valence-corrected chi connectivity index (χ1v) is 14.3. The normalized spacial score (nSPS) is 17.3. The van der Waals surface area contributed by atoms with Gasteiger partial charge in [0.25, 0.3) is 0 Å². The number of rotatable bonds is 12. The van der Waals surface area contributed by atoms with Crippen LogP contribution in [0.2, 0.25) is 0 Å². The molecule has 0 radical (unpaired) electrons. The highest BCUT2D eigenvalue weighted by Crippen LogP contribution is 2.27. The molecule has 0 aliphatic carbocycles. The van der Waals surface area contributed by atoms with Crippen molar-refractivity contribution in [3.63, 3.8) is 0 Å². The number of nitrogens with zero attached hydrogens (tertiary/aromatic N) is 2.